The second-order valence-electron chi connectivity index (χ2n) is 6.72. The maximum atomic E-state index is 13.1. The predicted octanol–water partition coefficient (Wildman–Crippen LogP) is 3.95. The molecule has 0 spiro atoms. The second kappa shape index (κ2) is 8.37. The second-order valence-corrected chi connectivity index (χ2v) is 8.25. The highest BCUT2D eigenvalue weighted by Gasteiger charge is 2.12. The fraction of sp³-hybridized carbons (Fsp3) is 0.0435. The van der Waals surface area contributed by atoms with Crippen LogP contribution in [-0.4, -0.2) is 15.6 Å². The van der Waals surface area contributed by atoms with Gasteiger partial charge in [0, 0.05) is 11.6 Å². The number of aromatic carboxylic acids is 1. The third-order valence-electron chi connectivity index (χ3n) is 4.62. The lowest BCUT2D eigenvalue weighted by atomic mass is 10.1. The molecule has 1 N–H and O–H groups in total. The molecule has 0 fully saturated rings. The van der Waals surface area contributed by atoms with Crippen LogP contribution in [0.25, 0.3) is 24.0 Å². The van der Waals surface area contributed by atoms with Crippen LogP contribution in [0.4, 0.5) is 4.39 Å². The minimum Gasteiger partial charge on any atom is -0.478 e. The van der Waals surface area contributed by atoms with Gasteiger partial charge in [-0.2, -0.15) is 0 Å². The van der Waals surface area contributed by atoms with Crippen LogP contribution in [0.2, 0.25) is 5.02 Å². The first-order chi connectivity index (χ1) is 14.8. The van der Waals surface area contributed by atoms with Crippen molar-refractivity contribution in [1.82, 2.24) is 4.57 Å². The molecule has 0 atom stereocenters. The lowest BCUT2D eigenvalue weighted by Crippen LogP contribution is -2.31. The molecular formula is C23H15ClFNO4S. The Morgan fingerprint density at radius 2 is 1.94 bits per heavy atom. The summed E-state index contributed by atoms with van der Waals surface area (Å²) in [6, 6.07) is 13.9. The van der Waals surface area contributed by atoms with Gasteiger partial charge in [-0.15, -0.1) is 11.3 Å². The van der Waals surface area contributed by atoms with Crippen LogP contribution < -0.4 is 14.8 Å². The molecule has 8 heteroatoms. The summed E-state index contributed by atoms with van der Waals surface area (Å²) in [7, 11) is 0. The maximum Gasteiger partial charge on any atom is 0.337 e. The van der Waals surface area contributed by atoms with E-state index in [0.29, 0.717) is 26.3 Å². The van der Waals surface area contributed by atoms with E-state index < -0.39 is 5.97 Å². The zero-order valence-corrected chi connectivity index (χ0v) is 17.5. The highest BCUT2D eigenvalue weighted by molar-refractivity contribution is 7.07. The molecule has 0 aliphatic rings. The van der Waals surface area contributed by atoms with Crippen molar-refractivity contribution >= 4 is 41.6 Å². The van der Waals surface area contributed by atoms with Crippen LogP contribution >= 0.6 is 22.9 Å². The number of hydrogen-bond donors (Lipinski definition) is 1. The monoisotopic (exact) mass is 455 g/mol. The third kappa shape index (κ3) is 4.38. The standard InChI is InChI=1S/C23H15ClFNO4S/c1-13-26(12-14-2-5-16(25)6-3-14)22(27)21(31-13)11-17-7-9-20(30-17)15-4-8-19(24)18(10-15)23(28)29/h2-11H,1,12H2,(H,28,29)/b21-11-. The van der Waals surface area contributed by atoms with Gasteiger partial charge in [0.05, 0.1) is 26.3 Å². The molecule has 0 unspecified atom stereocenters. The van der Waals surface area contributed by atoms with Crippen molar-refractivity contribution in [2.45, 2.75) is 6.54 Å². The van der Waals surface area contributed by atoms with Crippen LogP contribution in [0.3, 0.4) is 0 Å². The van der Waals surface area contributed by atoms with Crippen LogP contribution in [0.15, 0.2) is 63.8 Å². The third-order valence-corrected chi connectivity index (χ3v) is 5.92. The molecule has 0 aliphatic carbocycles. The summed E-state index contributed by atoms with van der Waals surface area (Å²) in [5.74, 6) is -0.582. The number of thiazole rings is 1. The minimum absolute atomic E-state index is 0.0234. The molecule has 2 aromatic carbocycles. The molecule has 0 aliphatic heterocycles. The van der Waals surface area contributed by atoms with Crippen LogP contribution in [0.5, 0.6) is 0 Å². The van der Waals surface area contributed by atoms with Crippen molar-refractivity contribution < 1.29 is 18.7 Å². The number of halogens is 2. The SMILES string of the molecule is C=c1s/c(=C\c2ccc(-c3ccc(Cl)c(C(=O)O)c3)o2)c(=O)n1Cc1ccc(F)cc1. The molecule has 0 radical (unpaired) electrons. The molecule has 4 rings (SSSR count). The summed E-state index contributed by atoms with van der Waals surface area (Å²) in [5, 5.41) is 9.37. The first kappa shape index (κ1) is 20.8. The van der Waals surface area contributed by atoms with Gasteiger partial charge in [0.25, 0.3) is 5.56 Å². The van der Waals surface area contributed by atoms with Gasteiger partial charge in [-0.25, -0.2) is 9.18 Å². The molecule has 0 bridgehead atoms. The van der Waals surface area contributed by atoms with E-state index >= 15 is 0 Å². The molecule has 2 aromatic heterocycles. The molecular weight excluding hydrogens is 441 g/mol. The van der Waals surface area contributed by atoms with Crippen molar-refractivity contribution in [2.24, 2.45) is 0 Å². The Labute approximate surface area is 184 Å². The summed E-state index contributed by atoms with van der Waals surface area (Å²) >= 11 is 7.14. The lowest BCUT2D eigenvalue weighted by molar-refractivity contribution is 0.0697. The number of furan rings is 1. The summed E-state index contributed by atoms with van der Waals surface area (Å²) < 4.78 is 21.4. The van der Waals surface area contributed by atoms with E-state index in [-0.39, 0.29) is 28.5 Å². The van der Waals surface area contributed by atoms with Gasteiger partial charge >= 0.3 is 5.97 Å². The molecule has 4 aromatic rings. The van der Waals surface area contributed by atoms with E-state index in [1.165, 1.54) is 40.2 Å². The Kier molecular flexibility index (Phi) is 5.63. The number of aromatic nitrogens is 1. The first-order valence-electron chi connectivity index (χ1n) is 9.09. The van der Waals surface area contributed by atoms with E-state index in [4.69, 9.17) is 16.0 Å². The van der Waals surface area contributed by atoms with E-state index in [9.17, 15) is 19.1 Å². The zero-order valence-electron chi connectivity index (χ0n) is 16.0. The van der Waals surface area contributed by atoms with Crippen molar-refractivity contribution in [1.29, 1.82) is 0 Å². The number of rotatable bonds is 5. The van der Waals surface area contributed by atoms with Gasteiger partial charge in [-0.3, -0.25) is 9.36 Å². The summed E-state index contributed by atoms with van der Waals surface area (Å²) in [5.41, 5.74) is 1.09. The smallest absolute Gasteiger partial charge is 0.337 e. The fourth-order valence-corrected chi connectivity index (χ4v) is 4.14. The van der Waals surface area contributed by atoms with Crippen molar-refractivity contribution in [2.75, 3.05) is 0 Å². The topological polar surface area (TPSA) is 72.4 Å². The van der Waals surface area contributed by atoms with Crippen molar-refractivity contribution in [3.05, 3.63) is 102 Å². The predicted molar refractivity (Wildman–Crippen MR) is 119 cm³/mol. The Balaban J connectivity index is 1.66. The highest BCUT2D eigenvalue weighted by atomic mass is 35.5. The van der Waals surface area contributed by atoms with Crippen molar-refractivity contribution in [3.8, 4) is 11.3 Å². The maximum absolute atomic E-state index is 13.1. The Morgan fingerprint density at radius 1 is 1.19 bits per heavy atom. The van der Waals surface area contributed by atoms with E-state index in [1.807, 2.05) is 0 Å². The Hall–Kier alpha value is -3.42. The van der Waals surface area contributed by atoms with Gasteiger partial charge in [0.15, 0.2) is 0 Å². The Bertz CT molecular complexity index is 1450. The van der Waals surface area contributed by atoms with Gasteiger partial charge in [0.2, 0.25) is 0 Å². The summed E-state index contributed by atoms with van der Waals surface area (Å²) in [6.45, 7) is 4.22. The molecule has 0 saturated heterocycles. The minimum atomic E-state index is -1.13. The highest BCUT2D eigenvalue weighted by Crippen LogP contribution is 2.27. The molecule has 0 amide bonds. The van der Waals surface area contributed by atoms with E-state index in [2.05, 4.69) is 6.58 Å². The molecule has 156 valence electrons. The fourth-order valence-electron chi connectivity index (χ4n) is 3.05. The molecule has 0 saturated carbocycles. The van der Waals surface area contributed by atoms with E-state index in [1.54, 1.807) is 36.4 Å². The van der Waals surface area contributed by atoms with Gasteiger partial charge in [0.1, 0.15) is 17.3 Å². The van der Waals surface area contributed by atoms with Crippen molar-refractivity contribution in [3.63, 3.8) is 0 Å². The molecule has 2 heterocycles. The largest absolute Gasteiger partial charge is 0.478 e. The summed E-state index contributed by atoms with van der Waals surface area (Å²) in [4.78, 5) is 24.1. The van der Waals surface area contributed by atoms with Gasteiger partial charge in [-0.05, 0) is 48.0 Å². The zero-order chi connectivity index (χ0) is 22.1. The van der Waals surface area contributed by atoms with Crippen LogP contribution in [0, 0.1) is 5.82 Å². The number of hydrogen-bond acceptors (Lipinski definition) is 4. The van der Waals surface area contributed by atoms with E-state index in [0.717, 1.165) is 5.56 Å². The first-order valence-corrected chi connectivity index (χ1v) is 10.3. The number of carboxylic acids is 1. The van der Waals surface area contributed by atoms with Gasteiger partial charge in [-0.1, -0.05) is 30.3 Å². The Morgan fingerprint density at radius 3 is 2.65 bits per heavy atom. The average molecular weight is 456 g/mol. The number of carbonyl (C=O) groups is 1. The summed E-state index contributed by atoms with van der Waals surface area (Å²) in [6.07, 6.45) is 1.61. The quantitative estimate of drug-likeness (QED) is 0.494. The van der Waals surface area contributed by atoms with Crippen LogP contribution in [0.1, 0.15) is 21.7 Å². The molecule has 5 nitrogen and oxygen atoms in total. The number of nitrogens with zero attached hydrogens (tertiary/aromatic N) is 1. The average Bonchev–Trinajstić information content (AvgIpc) is 3.30. The lowest BCUT2D eigenvalue weighted by Gasteiger charge is -2.02. The number of benzene rings is 2. The van der Waals surface area contributed by atoms with Crippen LogP contribution in [-0.2, 0) is 6.54 Å². The normalized spacial score (nSPS) is 11.7. The number of carboxylic acid groups (broad SMARTS) is 1. The van der Waals surface area contributed by atoms with Gasteiger partial charge < -0.3 is 9.52 Å². The molecule has 31 heavy (non-hydrogen) atoms.